The first-order valence-corrected chi connectivity index (χ1v) is 13.4. The summed E-state index contributed by atoms with van der Waals surface area (Å²) in [5.41, 5.74) is 4.27. The first-order valence-electron chi connectivity index (χ1n) is 13.4. The maximum absolute atomic E-state index is 13.6. The van der Waals surface area contributed by atoms with Crippen LogP contribution in [0.4, 0.5) is 0 Å². The minimum Gasteiger partial charge on any atom is -0.467 e. The number of nitrogens with one attached hydrogen (secondary N) is 2. The number of hydrazine groups is 1. The van der Waals surface area contributed by atoms with E-state index in [1.807, 2.05) is 52.3 Å². The molecule has 2 heterocycles. The summed E-state index contributed by atoms with van der Waals surface area (Å²) in [4.78, 5) is 61.8. The number of imidazole rings is 1. The lowest BCUT2D eigenvalue weighted by Gasteiger charge is -2.33. The van der Waals surface area contributed by atoms with Crippen LogP contribution in [-0.4, -0.2) is 87.3 Å². The molecule has 0 unspecified atom stereocenters. The largest absolute Gasteiger partial charge is 0.467 e. The number of benzene rings is 2. The Hall–Kier alpha value is -4.25. The Labute approximate surface area is 233 Å². The van der Waals surface area contributed by atoms with Crippen molar-refractivity contribution in [2.24, 2.45) is 0 Å². The first kappa shape index (κ1) is 28.8. The molecule has 0 aliphatic carbocycles. The smallest absolute Gasteiger partial charge is 0.330 e. The van der Waals surface area contributed by atoms with Gasteiger partial charge in [0.2, 0.25) is 11.8 Å². The number of hydrogen-bond donors (Lipinski definition) is 2. The predicted molar refractivity (Wildman–Crippen MR) is 148 cm³/mol. The van der Waals surface area contributed by atoms with E-state index in [1.165, 1.54) is 21.0 Å². The molecule has 1 aliphatic heterocycles. The number of aromatic amines is 1. The number of amides is 3. The van der Waals surface area contributed by atoms with Gasteiger partial charge >= 0.3 is 5.97 Å². The van der Waals surface area contributed by atoms with Crippen molar-refractivity contribution in [2.75, 3.05) is 26.7 Å². The van der Waals surface area contributed by atoms with Crippen LogP contribution in [0.3, 0.4) is 0 Å². The minimum absolute atomic E-state index is 0.00220. The summed E-state index contributed by atoms with van der Waals surface area (Å²) in [6.07, 6.45) is 5.10. The van der Waals surface area contributed by atoms with E-state index >= 15 is 0 Å². The van der Waals surface area contributed by atoms with Crippen LogP contribution in [0.5, 0.6) is 0 Å². The van der Waals surface area contributed by atoms with E-state index in [0.717, 1.165) is 39.9 Å². The number of rotatable bonds is 10. The summed E-state index contributed by atoms with van der Waals surface area (Å²) < 4.78 is 4.82. The first-order chi connectivity index (χ1) is 19.3. The van der Waals surface area contributed by atoms with E-state index in [2.05, 4.69) is 15.4 Å². The van der Waals surface area contributed by atoms with Crippen molar-refractivity contribution in [3.8, 4) is 0 Å². The monoisotopic (exact) mass is 548 g/mol. The molecule has 1 saturated heterocycles. The van der Waals surface area contributed by atoms with Gasteiger partial charge in [-0.05, 0) is 36.1 Å². The maximum atomic E-state index is 13.6. The highest BCUT2D eigenvalue weighted by Crippen LogP contribution is 2.23. The highest BCUT2D eigenvalue weighted by Gasteiger charge is 2.33. The average Bonchev–Trinajstić information content (AvgIpc) is 3.63. The molecular weight excluding hydrogens is 512 g/mol. The Morgan fingerprint density at radius 2 is 1.95 bits per heavy atom. The number of fused-ring (bicyclic) bond motifs is 1. The second-order valence-electron chi connectivity index (χ2n) is 10.1. The molecular formula is C29H36N6O5. The second-order valence-corrected chi connectivity index (χ2v) is 10.1. The van der Waals surface area contributed by atoms with Gasteiger partial charge in [-0.3, -0.25) is 24.7 Å². The molecule has 1 aromatic heterocycles. The van der Waals surface area contributed by atoms with Gasteiger partial charge in [0.05, 0.1) is 26.4 Å². The molecule has 4 rings (SSSR count). The van der Waals surface area contributed by atoms with Crippen molar-refractivity contribution in [2.45, 2.75) is 51.7 Å². The van der Waals surface area contributed by atoms with Gasteiger partial charge in [-0.2, -0.15) is 0 Å². The van der Waals surface area contributed by atoms with Crippen molar-refractivity contribution >= 4 is 34.5 Å². The van der Waals surface area contributed by atoms with Gasteiger partial charge in [0, 0.05) is 44.5 Å². The zero-order chi connectivity index (χ0) is 28.6. The third-order valence-corrected chi connectivity index (χ3v) is 7.17. The lowest BCUT2D eigenvalue weighted by Crippen LogP contribution is -2.56. The van der Waals surface area contributed by atoms with Crippen molar-refractivity contribution in [1.82, 2.24) is 30.2 Å². The van der Waals surface area contributed by atoms with E-state index in [0.29, 0.717) is 19.6 Å². The molecule has 0 saturated carbocycles. The molecule has 2 aromatic carbocycles. The average molecular weight is 549 g/mol. The topological polar surface area (TPSA) is 128 Å². The summed E-state index contributed by atoms with van der Waals surface area (Å²) in [5.74, 6) is -1.57. The van der Waals surface area contributed by atoms with Gasteiger partial charge in [0.25, 0.3) is 5.91 Å². The Morgan fingerprint density at radius 3 is 2.67 bits per heavy atom. The normalized spacial score (nSPS) is 15.7. The number of hydrogen-bond acceptors (Lipinski definition) is 7. The van der Waals surface area contributed by atoms with Gasteiger partial charge in [0.15, 0.2) is 0 Å². The molecule has 1 aliphatic rings. The lowest BCUT2D eigenvalue weighted by atomic mass is 10.0. The van der Waals surface area contributed by atoms with Crippen LogP contribution in [0.2, 0.25) is 0 Å². The molecule has 11 nitrogen and oxygen atoms in total. The van der Waals surface area contributed by atoms with Gasteiger partial charge in [-0.1, -0.05) is 42.5 Å². The number of carbonyl (C=O) groups excluding carboxylic acids is 4. The summed E-state index contributed by atoms with van der Waals surface area (Å²) >= 11 is 0. The standard InChI is InChI=1S/C29H36N6O5/c1-20(29(39)40-3)35(32-21(2)36)28(38)18-33(16-23-10-6-9-22-8-4-5-12-26(22)23)17-25-11-7-13-34(25)27(37)14-24-15-30-19-31-24/h4-6,8-10,12,15,19-20,25H,7,11,13-14,16-18H2,1-3H3,(H,30,31)(H,32,36)/t20-,25-/m0/s1. The lowest BCUT2D eigenvalue weighted by molar-refractivity contribution is -0.157. The van der Waals surface area contributed by atoms with Crippen molar-refractivity contribution in [1.29, 1.82) is 0 Å². The number of nitrogens with zero attached hydrogens (tertiary/aromatic N) is 4. The summed E-state index contributed by atoms with van der Waals surface area (Å²) in [6.45, 7) is 4.23. The fraction of sp³-hybridized carbons (Fsp3) is 0.414. The van der Waals surface area contributed by atoms with Crippen LogP contribution in [0, 0.1) is 0 Å². The molecule has 0 bridgehead atoms. The summed E-state index contributed by atoms with van der Waals surface area (Å²) in [7, 11) is 1.23. The number of ether oxygens (including phenoxy) is 1. The Kier molecular flexibility index (Phi) is 9.49. The Balaban J connectivity index is 1.59. The zero-order valence-electron chi connectivity index (χ0n) is 23.1. The molecule has 2 N–H and O–H groups in total. The number of carbonyl (C=O) groups is 4. The van der Waals surface area contributed by atoms with Gasteiger partial charge in [0.1, 0.15) is 6.04 Å². The third-order valence-electron chi connectivity index (χ3n) is 7.17. The van der Waals surface area contributed by atoms with E-state index < -0.39 is 23.8 Å². The number of methoxy groups -OCH3 is 1. The maximum Gasteiger partial charge on any atom is 0.330 e. The fourth-order valence-electron chi connectivity index (χ4n) is 5.24. The third kappa shape index (κ3) is 7.03. The second kappa shape index (κ2) is 13.2. The van der Waals surface area contributed by atoms with Crippen LogP contribution in [0.25, 0.3) is 10.8 Å². The van der Waals surface area contributed by atoms with Crippen molar-refractivity contribution in [3.63, 3.8) is 0 Å². The fourth-order valence-corrected chi connectivity index (χ4v) is 5.24. The van der Waals surface area contributed by atoms with E-state index in [9.17, 15) is 19.2 Å². The molecule has 0 radical (unpaired) electrons. The molecule has 2 atom stereocenters. The number of H-pyrrole nitrogens is 1. The molecule has 3 amide bonds. The molecule has 0 spiro atoms. The number of likely N-dealkylation sites (tertiary alicyclic amines) is 1. The summed E-state index contributed by atoms with van der Waals surface area (Å²) in [6, 6.07) is 13.0. The van der Waals surface area contributed by atoms with Gasteiger partial charge in [-0.15, -0.1) is 0 Å². The van der Waals surface area contributed by atoms with Gasteiger partial charge in [-0.25, -0.2) is 14.8 Å². The predicted octanol–water partition coefficient (Wildman–Crippen LogP) is 2.04. The molecule has 40 heavy (non-hydrogen) atoms. The van der Waals surface area contributed by atoms with Gasteiger partial charge < -0.3 is 14.6 Å². The minimum atomic E-state index is -1.01. The molecule has 212 valence electrons. The zero-order valence-corrected chi connectivity index (χ0v) is 23.1. The quantitative estimate of drug-likeness (QED) is 0.293. The van der Waals surface area contributed by atoms with Crippen LogP contribution >= 0.6 is 0 Å². The molecule has 11 heteroatoms. The highest BCUT2D eigenvalue weighted by molar-refractivity contribution is 5.88. The molecule has 1 fully saturated rings. The Morgan fingerprint density at radius 1 is 1.18 bits per heavy atom. The highest BCUT2D eigenvalue weighted by atomic mass is 16.5. The van der Waals surface area contributed by atoms with E-state index in [1.54, 1.807) is 12.5 Å². The Bertz CT molecular complexity index is 1340. The number of aromatic nitrogens is 2. The van der Waals surface area contributed by atoms with Crippen molar-refractivity contribution < 1.29 is 23.9 Å². The van der Waals surface area contributed by atoms with Crippen molar-refractivity contribution in [3.05, 3.63) is 66.2 Å². The summed E-state index contributed by atoms with van der Waals surface area (Å²) in [5, 5.41) is 3.19. The van der Waals surface area contributed by atoms with Crippen LogP contribution in [0.1, 0.15) is 37.9 Å². The van der Waals surface area contributed by atoms with Crippen LogP contribution in [0.15, 0.2) is 55.0 Å². The number of esters is 1. The van der Waals surface area contributed by atoms with Crippen LogP contribution in [-0.2, 0) is 36.9 Å². The van der Waals surface area contributed by atoms with Crippen LogP contribution < -0.4 is 5.43 Å². The van der Waals surface area contributed by atoms with E-state index in [4.69, 9.17) is 4.74 Å². The SMILES string of the molecule is COC(=O)[C@H](C)N(NC(C)=O)C(=O)CN(Cc1cccc2ccccc12)C[C@@H]1CCCN1C(=O)Cc1cnc[nH]1. The molecule has 3 aromatic rings. The van der Waals surface area contributed by atoms with E-state index in [-0.39, 0.29) is 24.9 Å².